The zero-order chi connectivity index (χ0) is 14.7. The molecule has 0 bridgehead atoms. The third-order valence-corrected chi connectivity index (χ3v) is 7.06. The van der Waals surface area contributed by atoms with Crippen molar-refractivity contribution in [2.45, 2.75) is 83.6 Å². The van der Waals surface area contributed by atoms with Crippen LogP contribution in [0.5, 0.6) is 0 Å². The summed E-state index contributed by atoms with van der Waals surface area (Å²) in [6.45, 7) is 5.97. The minimum atomic E-state index is 0.756. The second-order valence-electron chi connectivity index (χ2n) is 8.27. The van der Waals surface area contributed by atoms with Gasteiger partial charge in [-0.2, -0.15) is 0 Å². The summed E-state index contributed by atoms with van der Waals surface area (Å²) < 4.78 is 0. The fourth-order valence-electron chi connectivity index (χ4n) is 5.64. The highest BCUT2D eigenvalue weighted by molar-refractivity contribution is 4.94. The van der Waals surface area contributed by atoms with Crippen molar-refractivity contribution in [1.29, 1.82) is 0 Å². The van der Waals surface area contributed by atoms with E-state index in [4.69, 9.17) is 5.73 Å². The molecule has 0 aromatic heterocycles. The van der Waals surface area contributed by atoms with Gasteiger partial charge in [0.25, 0.3) is 0 Å². The molecular formula is C19H36N2. The largest absolute Gasteiger partial charge is 0.330 e. The van der Waals surface area contributed by atoms with Gasteiger partial charge in [-0.15, -0.1) is 0 Å². The molecule has 0 amide bonds. The molecule has 2 N–H and O–H groups in total. The Balaban J connectivity index is 1.58. The average molecular weight is 293 g/mol. The first kappa shape index (κ1) is 15.8. The van der Waals surface area contributed by atoms with Crippen molar-refractivity contribution in [3.63, 3.8) is 0 Å². The topological polar surface area (TPSA) is 29.3 Å². The molecule has 3 fully saturated rings. The predicted octanol–water partition coefficient (Wildman–Crippen LogP) is 4.19. The van der Waals surface area contributed by atoms with E-state index in [2.05, 4.69) is 11.8 Å². The Hall–Kier alpha value is -0.0800. The maximum Gasteiger partial charge on any atom is 0.0138 e. The second-order valence-corrected chi connectivity index (χ2v) is 8.27. The molecule has 3 atom stereocenters. The normalized spacial score (nSPS) is 37.1. The van der Waals surface area contributed by atoms with Gasteiger partial charge in [0.1, 0.15) is 0 Å². The lowest BCUT2D eigenvalue weighted by molar-refractivity contribution is 0.0238. The molecule has 1 aliphatic heterocycles. The molecule has 2 nitrogen and oxygen atoms in total. The third kappa shape index (κ3) is 3.47. The average Bonchev–Trinajstić information content (AvgIpc) is 2.97. The van der Waals surface area contributed by atoms with E-state index in [1.807, 2.05) is 0 Å². The summed E-state index contributed by atoms with van der Waals surface area (Å²) in [6.07, 6.45) is 16.0. The van der Waals surface area contributed by atoms with Crippen LogP contribution in [0.3, 0.4) is 0 Å². The molecule has 1 saturated heterocycles. The van der Waals surface area contributed by atoms with Gasteiger partial charge in [0, 0.05) is 6.04 Å². The minimum Gasteiger partial charge on any atom is -0.330 e. The summed E-state index contributed by atoms with van der Waals surface area (Å²) in [6, 6.07) is 0.805. The zero-order valence-corrected chi connectivity index (χ0v) is 14.2. The zero-order valence-electron chi connectivity index (χ0n) is 14.2. The predicted molar refractivity (Wildman–Crippen MR) is 90.3 cm³/mol. The quantitative estimate of drug-likeness (QED) is 0.842. The summed E-state index contributed by atoms with van der Waals surface area (Å²) in [5.41, 5.74) is 6.86. The van der Waals surface area contributed by atoms with Gasteiger partial charge in [0.15, 0.2) is 0 Å². The van der Waals surface area contributed by atoms with Crippen LogP contribution in [0.15, 0.2) is 0 Å². The van der Waals surface area contributed by atoms with Gasteiger partial charge in [-0.1, -0.05) is 39.0 Å². The monoisotopic (exact) mass is 292 g/mol. The third-order valence-electron chi connectivity index (χ3n) is 7.06. The Bertz CT molecular complexity index is 312. The number of piperidine rings is 1. The van der Waals surface area contributed by atoms with Gasteiger partial charge in [0.2, 0.25) is 0 Å². The summed E-state index contributed by atoms with van der Waals surface area (Å²) in [4.78, 5) is 2.85. The van der Waals surface area contributed by atoms with Crippen molar-refractivity contribution in [3.05, 3.63) is 0 Å². The molecule has 3 unspecified atom stereocenters. The van der Waals surface area contributed by atoms with Crippen LogP contribution >= 0.6 is 0 Å². The van der Waals surface area contributed by atoms with Crippen molar-refractivity contribution in [2.75, 3.05) is 19.6 Å². The number of hydrogen-bond donors (Lipinski definition) is 1. The Morgan fingerprint density at radius 3 is 2.38 bits per heavy atom. The van der Waals surface area contributed by atoms with E-state index in [1.165, 1.54) is 83.7 Å². The smallest absolute Gasteiger partial charge is 0.0138 e. The van der Waals surface area contributed by atoms with Crippen LogP contribution in [-0.2, 0) is 0 Å². The van der Waals surface area contributed by atoms with Crippen LogP contribution in [0.1, 0.15) is 77.6 Å². The molecule has 0 aromatic rings. The Morgan fingerprint density at radius 2 is 1.76 bits per heavy atom. The molecule has 3 aliphatic rings. The summed E-state index contributed by atoms with van der Waals surface area (Å²) in [5, 5.41) is 0. The molecule has 2 saturated carbocycles. The van der Waals surface area contributed by atoms with Gasteiger partial charge in [-0.3, -0.25) is 0 Å². The van der Waals surface area contributed by atoms with Crippen molar-refractivity contribution in [2.24, 2.45) is 23.0 Å². The van der Waals surface area contributed by atoms with Crippen molar-refractivity contribution < 1.29 is 0 Å². The number of rotatable bonds is 4. The minimum absolute atomic E-state index is 0.756. The van der Waals surface area contributed by atoms with Gasteiger partial charge in [0.05, 0.1) is 0 Å². The van der Waals surface area contributed by atoms with E-state index >= 15 is 0 Å². The van der Waals surface area contributed by atoms with E-state index in [0.717, 1.165) is 29.8 Å². The number of hydrogen-bond acceptors (Lipinski definition) is 2. The standard InChI is InChI=1S/C19H36N2/c1-2-5-16-6-7-17(15-20)18(14-16)21-12-10-19(11-13-21)8-3-4-9-19/h16-18H,2-15,20H2,1H3. The van der Waals surface area contributed by atoms with Gasteiger partial charge in [-0.05, 0) is 75.4 Å². The Morgan fingerprint density at radius 1 is 1.05 bits per heavy atom. The molecular weight excluding hydrogens is 256 g/mol. The molecule has 1 spiro atoms. The van der Waals surface area contributed by atoms with Gasteiger partial charge < -0.3 is 10.6 Å². The highest BCUT2D eigenvalue weighted by Gasteiger charge is 2.40. The SMILES string of the molecule is CCCC1CCC(CN)C(N2CCC3(CCCC3)CC2)C1. The van der Waals surface area contributed by atoms with Crippen molar-refractivity contribution in [3.8, 4) is 0 Å². The summed E-state index contributed by atoms with van der Waals surface area (Å²) in [5.74, 6) is 1.75. The lowest BCUT2D eigenvalue weighted by Gasteiger charge is -2.48. The van der Waals surface area contributed by atoms with E-state index < -0.39 is 0 Å². The van der Waals surface area contributed by atoms with Crippen molar-refractivity contribution >= 4 is 0 Å². The van der Waals surface area contributed by atoms with Crippen LogP contribution in [-0.4, -0.2) is 30.6 Å². The van der Waals surface area contributed by atoms with E-state index in [1.54, 1.807) is 0 Å². The lowest BCUT2D eigenvalue weighted by Crippen LogP contribution is -2.51. The van der Waals surface area contributed by atoms with Crippen LogP contribution in [0.4, 0.5) is 0 Å². The van der Waals surface area contributed by atoms with E-state index in [0.29, 0.717) is 0 Å². The molecule has 2 aliphatic carbocycles. The molecule has 0 radical (unpaired) electrons. The van der Waals surface area contributed by atoms with Crippen LogP contribution in [0, 0.1) is 17.3 Å². The maximum absolute atomic E-state index is 6.11. The highest BCUT2D eigenvalue weighted by Crippen LogP contribution is 2.47. The van der Waals surface area contributed by atoms with Crippen LogP contribution in [0.25, 0.3) is 0 Å². The van der Waals surface area contributed by atoms with E-state index in [-0.39, 0.29) is 0 Å². The van der Waals surface area contributed by atoms with Gasteiger partial charge in [-0.25, -0.2) is 0 Å². The van der Waals surface area contributed by atoms with Gasteiger partial charge >= 0.3 is 0 Å². The molecule has 0 aromatic carbocycles. The fraction of sp³-hybridized carbons (Fsp3) is 1.00. The Kier molecular flexibility index (Phi) is 5.27. The second kappa shape index (κ2) is 7.00. The first-order valence-electron chi connectivity index (χ1n) is 9.70. The van der Waals surface area contributed by atoms with Crippen molar-refractivity contribution in [1.82, 2.24) is 4.90 Å². The van der Waals surface area contributed by atoms with Crippen LogP contribution in [0.2, 0.25) is 0 Å². The number of nitrogens with two attached hydrogens (primary N) is 1. The fourth-order valence-corrected chi connectivity index (χ4v) is 5.64. The molecule has 3 rings (SSSR count). The number of likely N-dealkylation sites (tertiary alicyclic amines) is 1. The van der Waals surface area contributed by atoms with Crippen LogP contribution < -0.4 is 5.73 Å². The van der Waals surface area contributed by atoms with E-state index in [9.17, 15) is 0 Å². The first-order valence-corrected chi connectivity index (χ1v) is 9.70. The maximum atomic E-state index is 6.11. The number of nitrogens with zero attached hydrogens (tertiary/aromatic N) is 1. The Labute approximate surface area is 131 Å². The molecule has 122 valence electrons. The molecule has 21 heavy (non-hydrogen) atoms. The summed E-state index contributed by atoms with van der Waals surface area (Å²) >= 11 is 0. The lowest BCUT2D eigenvalue weighted by atomic mass is 9.73. The summed E-state index contributed by atoms with van der Waals surface area (Å²) in [7, 11) is 0. The first-order chi connectivity index (χ1) is 10.3. The molecule has 2 heteroatoms. The highest BCUT2D eigenvalue weighted by atomic mass is 15.2. The molecule has 1 heterocycles.